The maximum absolute atomic E-state index is 5.74. The fraction of sp³-hybridized carbons (Fsp3) is 1.00. The molecule has 0 aromatic rings. The summed E-state index contributed by atoms with van der Waals surface area (Å²) in [5.41, 5.74) is 0.00907. The largest absolute Gasteiger partial charge is 0.376 e. The first kappa shape index (κ1) is 14.9. The minimum absolute atomic E-state index is 0.00907. The van der Waals surface area contributed by atoms with Crippen LogP contribution in [0.1, 0.15) is 53.9 Å². The van der Waals surface area contributed by atoms with E-state index in [0.717, 1.165) is 25.6 Å². The van der Waals surface area contributed by atoms with Gasteiger partial charge in [-0.2, -0.15) is 0 Å². The van der Waals surface area contributed by atoms with Crippen molar-refractivity contribution in [2.45, 2.75) is 59.5 Å². The molecule has 0 aromatic heterocycles. The number of ether oxygens (including phenoxy) is 1. The lowest BCUT2D eigenvalue weighted by atomic mass is 10.0. The molecule has 1 atom stereocenters. The molecule has 0 amide bonds. The molecule has 0 aliphatic carbocycles. The van der Waals surface area contributed by atoms with Gasteiger partial charge in [0, 0.05) is 6.61 Å². The first-order chi connectivity index (χ1) is 6.99. The lowest BCUT2D eigenvalue weighted by molar-refractivity contribution is -0.00937. The van der Waals surface area contributed by atoms with Crippen molar-refractivity contribution in [2.24, 2.45) is 5.92 Å². The van der Waals surface area contributed by atoms with Crippen LogP contribution in [0.15, 0.2) is 0 Å². The highest BCUT2D eigenvalue weighted by Gasteiger charge is 2.11. The van der Waals surface area contributed by atoms with Crippen molar-refractivity contribution < 1.29 is 4.74 Å². The topological polar surface area (TPSA) is 21.3 Å². The van der Waals surface area contributed by atoms with Crippen LogP contribution in [0.4, 0.5) is 0 Å². The summed E-state index contributed by atoms with van der Waals surface area (Å²) in [5.74, 6) is 0.763. The van der Waals surface area contributed by atoms with Crippen LogP contribution < -0.4 is 5.32 Å². The molecule has 0 radical (unpaired) electrons. The monoisotopic (exact) mass is 215 g/mol. The first-order valence-corrected chi connectivity index (χ1v) is 6.34. The minimum atomic E-state index is 0.00907. The van der Waals surface area contributed by atoms with E-state index in [-0.39, 0.29) is 5.60 Å². The Balaban J connectivity index is 3.52. The molecule has 0 saturated heterocycles. The first-order valence-electron chi connectivity index (χ1n) is 6.34. The van der Waals surface area contributed by atoms with Gasteiger partial charge < -0.3 is 10.1 Å². The standard InChI is InChI=1S/C13H29NO/c1-6-9-14-11-12(7-2)8-10-15-13(3,4)5/h12,14H,6-11H2,1-5H3. The van der Waals surface area contributed by atoms with E-state index in [2.05, 4.69) is 39.9 Å². The van der Waals surface area contributed by atoms with Gasteiger partial charge >= 0.3 is 0 Å². The van der Waals surface area contributed by atoms with Gasteiger partial charge in [-0.1, -0.05) is 20.3 Å². The van der Waals surface area contributed by atoms with Crippen molar-refractivity contribution in [3.05, 3.63) is 0 Å². The average molecular weight is 215 g/mol. The van der Waals surface area contributed by atoms with Gasteiger partial charge in [-0.15, -0.1) is 0 Å². The average Bonchev–Trinajstić information content (AvgIpc) is 2.14. The third-order valence-electron chi connectivity index (χ3n) is 2.50. The van der Waals surface area contributed by atoms with Gasteiger partial charge in [0.15, 0.2) is 0 Å². The van der Waals surface area contributed by atoms with Gasteiger partial charge in [0.05, 0.1) is 5.60 Å². The second kappa shape index (κ2) is 8.12. The molecular formula is C13H29NO. The predicted molar refractivity (Wildman–Crippen MR) is 67.3 cm³/mol. The summed E-state index contributed by atoms with van der Waals surface area (Å²) in [6, 6.07) is 0. The second-order valence-electron chi connectivity index (χ2n) is 5.23. The van der Waals surface area contributed by atoms with Crippen molar-refractivity contribution in [3.8, 4) is 0 Å². The third-order valence-corrected chi connectivity index (χ3v) is 2.50. The summed E-state index contributed by atoms with van der Waals surface area (Å²) in [4.78, 5) is 0. The SMILES string of the molecule is CCCNCC(CC)CCOC(C)(C)C. The molecule has 0 aliphatic heterocycles. The highest BCUT2D eigenvalue weighted by atomic mass is 16.5. The van der Waals surface area contributed by atoms with Gasteiger partial charge in [-0.05, 0) is 52.6 Å². The van der Waals surface area contributed by atoms with Gasteiger partial charge in [0.2, 0.25) is 0 Å². The lowest BCUT2D eigenvalue weighted by Gasteiger charge is -2.22. The van der Waals surface area contributed by atoms with Crippen LogP contribution >= 0.6 is 0 Å². The summed E-state index contributed by atoms with van der Waals surface area (Å²) in [5, 5.41) is 3.48. The molecule has 0 aromatic carbocycles. The Morgan fingerprint density at radius 2 is 1.87 bits per heavy atom. The summed E-state index contributed by atoms with van der Waals surface area (Å²) in [6.45, 7) is 14.0. The molecule has 0 spiro atoms. The number of nitrogens with one attached hydrogen (secondary N) is 1. The van der Waals surface area contributed by atoms with Crippen molar-refractivity contribution in [3.63, 3.8) is 0 Å². The van der Waals surface area contributed by atoms with Gasteiger partial charge in [-0.3, -0.25) is 0 Å². The van der Waals surface area contributed by atoms with Gasteiger partial charge in [-0.25, -0.2) is 0 Å². The van der Waals surface area contributed by atoms with Crippen LogP contribution in [0.25, 0.3) is 0 Å². The van der Waals surface area contributed by atoms with E-state index in [4.69, 9.17) is 4.74 Å². The van der Waals surface area contributed by atoms with E-state index in [1.807, 2.05) is 0 Å². The Morgan fingerprint density at radius 1 is 1.20 bits per heavy atom. The van der Waals surface area contributed by atoms with E-state index in [9.17, 15) is 0 Å². The molecule has 2 nitrogen and oxygen atoms in total. The summed E-state index contributed by atoms with van der Waals surface area (Å²) < 4.78 is 5.74. The molecule has 0 fully saturated rings. The van der Waals surface area contributed by atoms with Crippen molar-refractivity contribution in [1.82, 2.24) is 5.32 Å². The zero-order valence-electron chi connectivity index (χ0n) is 11.2. The van der Waals surface area contributed by atoms with Crippen molar-refractivity contribution in [1.29, 1.82) is 0 Å². The smallest absolute Gasteiger partial charge is 0.0598 e. The molecule has 0 bridgehead atoms. The summed E-state index contributed by atoms with van der Waals surface area (Å²) in [6.07, 6.45) is 3.63. The van der Waals surface area contributed by atoms with Crippen LogP contribution in [-0.2, 0) is 4.74 Å². The zero-order valence-corrected chi connectivity index (χ0v) is 11.2. The van der Waals surface area contributed by atoms with Crippen molar-refractivity contribution >= 4 is 0 Å². The molecule has 1 N–H and O–H groups in total. The fourth-order valence-corrected chi connectivity index (χ4v) is 1.47. The Labute approximate surface area is 95.8 Å². The molecule has 0 rings (SSSR count). The van der Waals surface area contributed by atoms with E-state index < -0.39 is 0 Å². The zero-order chi connectivity index (χ0) is 11.7. The minimum Gasteiger partial charge on any atom is -0.376 e. The Hall–Kier alpha value is -0.0800. The van der Waals surface area contributed by atoms with Crippen LogP contribution in [0.2, 0.25) is 0 Å². The van der Waals surface area contributed by atoms with E-state index >= 15 is 0 Å². The second-order valence-corrected chi connectivity index (χ2v) is 5.23. The van der Waals surface area contributed by atoms with Crippen molar-refractivity contribution in [2.75, 3.05) is 19.7 Å². The quantitative estimate of drug-likeness (QED) is 0.628. The highest BCUT2D eigenvalue weighted by Crippen LogP contribution is 2.12. The number of hydrogen-bond donors (Lipinski definition) is 1. The molecule has 0 aliphatic rings. The molecular weight excluding hydrogens is 186 g/mol. The molecule has 15 heavy (non-hydrogen) atoms. The van der Waals surface area contributed by atoms with Gasteiger partial charge in [0.1, 0.15) is 0 Å². The number of rotatable bonds is 8. The normalized spacial score (nSPS) is 14.2. The summed E-state index contributed by atoms with van der Waals surface area (Å²) >= 11 is 0. The lowest BCUT2D eigenvalue weighted by Crippen LogP contribution is -2.26. The Morgan fingerprint density at radius 3 is 2.33 bits per heavy atom. The fourth-order valence-electron chi connectivity index (χ4n) is 1.47. The van der Waals surface area contributed by atoms with Crippen LogP contribution in [0.5, 0.6) is 0 Å². The molecule has 0 saturated carbocycles. The molecule has 1 unspecified atom stereocenters. The van der Waals surface area contributed by atoms with E-state index in [1.54, 1.807) is 0 Å². The maximum Gasteiger partial charge on any atom is 0.0598 e. The van der Waals surface area contributed by atoms with Crippen LogP contribution in [0, 0.1) is 5.92 Å². The Kier molecular flexibility index (Phi) is 8.07. The molecule has 92 valence electrons. The molecule has 0 heterocycles. The van der Waals surface area contributed by atoms with Gasteiger partial charge in [0.25, 0.3) is 0 Å². The predicted octanol–water partition coefficient (Wildman–Crippen LogP) is 3.22. The van der Waals surface area contributed by atoms with E-state index in [0.29, 0.717) is 0 Å². The summed E-state index contributed by atoms with van der Waals surface area (Å²) in [7, 11) is 0. The molecule has 2 heteroatoms. The maximum atomic E-state index is 5.74. The van der Waals surface area contributed by atoms with Crippen LogP contribution in [0.3, 0.4) is 0 Å². The van der Waals surface area contributed by atoms with Crippen LogP contribution in [-0.4, -0.2) is 25.3 Å². The highest BCUT2D eigenvalue weighted by molar-refractivity contribution is 4.63. The van der Waals surface area contributed by atoms with E-state index in [1.165, 1.54) is 19.3 Å². The third kappa shape index (κ3) is 10.2. The number of hydrogen-bond acceptors (Lipinski definition) is 2. The Bertz CT molecular complexity index is 140.